The average Bonchev–Trinajstić information content (AvgIpc) is 2.92. The third-order valence-corrected chi connectivity index (χ3v) is 7.30. The van der Waals surface area contributed by atoms with E-state index in [9.17, 15) is 4.79 Å². The zero-order chi connectivity index (χ0) is 25.3. The summed E-state index contributed by atoms with van der Waals surface area (Å²) in [5.74, 6) is 2.03. The largest absolute Gasteiger partial charge is 0.492 e. The van der Waals surface area contributed by atoms with Crippen molar-refractivity contribution in [1.29, 1.82) is 0 Å². The summed E-state index contributed by atoms with van der Waals surface area (Å²) in [6.45, 7) is 5.93. The summed E-state index contributed by atoms with van der Waals surface area (Å²) in [7, 11) is 0. The number of aromatic nitrogens is 2. The average molecular weight is 501 g/mol. The van der Waals surface area contributed by atoms with Gasteiger partial charge < -0.3 is 14.4 Å². The lowest BCUT2D eigenvalue weighted by Crippen LogP contribution is -2.48. The van der Waals surface area contributed by atoms with Crippen molar-refractivity contribution < 1.29 is 14.3 Å². The first-order valence-corrected chi connectivity index (χ1v) is 13.5. The molecule has 0 N–H and O–H groups in total. The van der Waals surface area contributed by atoms with E-state index in [1.807, 2.05) is 59.5 Å². The minimum absolute atomic E-state index is 0.224. The number of nitrogens with zero attached hydrogens (tertiary/aromatic N) is 4. The molecular weight excluding hydrogens is 464 g/mol. The molecule has 2 saturated heterocycles. The first-order chi connectivity index (χ1) is 18.2. The maximum atomic E-state index is 12.4. The molecule has 0 spiro atoms. The number of hydrogen-bond acceptors (Lipinski definition) is 6. The van der Waals surface area contributed by atoms with Crippen molar-refractivity contribution in [2.45, 2.75) is 38.7 Å². The van der Waals surface area contributed by atoms with Crippen molar-refractivity contribution in [3.05, 3.63) is 83.6 Å². The Morgan fingerprint density at radius 3 is 2.27 bits per heavy atom. The van der Waals surface area contributed by atoms with Crippen molar-refractivity contribution in [3.63, 3.8) is 0 Å². The van der Waals surface area contributed by atoms with Crippen LogP contribution in [0, 0.1) is 5.92 Å². The quantitative estimate of drug-likeness (QED) is 0.394. The fourth-order valence-corrected chi connectivity index (χ4v) is 4.81. The molecule has 0 radical (unpaired) electrons. The summed E-state index contributed by atoms with van der Waals surface area (Å²) in [5, 5.41) is 8.52. The van der Waals surface area contributed by atoms with Crippen LogP contribution in [0.2, 0.25) is 0 Å². The zero-order valence-corrected chi connectivity index (χ0v) is 21.4. The van der Waals surface area contributed by atoms with E-state index in [-0.39, 0.29) is 5.92 Å². The minimum Gasteiger partial charge on any atom is -0.492 e. The zero-order valence-electron chi connectivity index (χ0n) is 21.4. The molecule has 2 aromatic carbocycles. The van der Waals surface area contributed by atoms with Gasteiger partial charge in [-0.25, -0.2) is 0 Å². The molecule has 37 heavy (non-hydrogen) atoms. The molecule has 2 aliphatic rings. The van der Waals surface area contributed by atoms with Gasteiger partial charge in [0, 0.05) is 31.6 Å². The molecule has 3 aromatic rings. The smallest absolute Gasteiger partial charge is 0.233 e. The van der Waals surface area contributed by atoms with Crippen LogP contribution in [0.25, 0.3) is 0 Å². The number of carbonyl (C=O) groups is 1. The molecule has 1 amide bonds. The van der Waals surface area contributed by atoms with Gasteiger partial charge in [-0.15, -0.1) is 5.10 Å². The van der Waals surface area contributed by atoms with Crippen LogP contribution in [-0.2, 0) is 24.2 Å². The summed E-state index contributed by atoms with van der Waals surface area (Å²) in [6, 6.07) is 22.2. The second kappa shape index (κ2) is 12.7. The van der Waals surface area contributed by atoms with Gasteiger partial charge in [0.05, 0.1) is 5.69 Å². The van der Waals surface area contributed by atoms with Crippen LogP contribution in [0.5, 0.6) is 11.6 Å². The van der Waals surface area contributed by atoms with Crippen molar-refractivity contribution >= 4 is 5.91 Å². The fraction of sp³-hybridized carbons (Fsp3) is 0.433. The molecule has 194 valence electrons. The number of piperidine rings is 1. The Labute approximate surface area is 219 Å². The Hall–Kier alpha value is -3.45. The van der Waals surface area contributed by atoms with Crippen LogP contribution in [-0.4, -0.2) is 65.2 Å². The Kier molecular flexibility index (Phi) is 8.64. The van der Waals surface area contributed by atoms with Crippen molar-refractivity contribution in [2.75, 3.05) is 39.3 Å². The van der Waals surface area contributed by atoms with Gasteiger partial charge in [-0.2, -0.15) is 5.10 Å². The van der Waals surface area contributed by atoms with Gasteiger partial charge in [0.25, 0.3) is 0 Å². The number of rotatable bonds is 11. The van der Waals surface area contributed by atoms with Gasteiger partial charge >= 0.3 is 0 Å². The summed E-state index contributed by atoms with van der Waals surface area (Å²) < 4.78 is 11.7. The van der Waals surface area contributed by atoms with Crippen LogP contribution in [0.4, 0.5) is 0 Å². The molecule has 0 atom stereocenters. The molecule has 7 heteroatoms. The highest BCUT2D eigenvalue weighted by atomic mass is 16.5. The fourth-order valence-electron chi connectivity index (χ4n) is 4.81. The topological polar surface area (TPSA) is 67.8 Å². The molecule has 2 fully saturated rings. The van der Waals surface area contributed by atoms with E-state index in [1.54, 1.807) is 0 Å². The number of ether oxygens (including phenoxy) is 2. The van der Waals surface area contributed by atoms with Crippen LogP contribution in [0.1, 0.15) is 36.1 Å². The lowest BCUT2D eigenvalue weighted by Gasteiger charge is -2.37. The molecule has 1 aromatic heterocycles. The molecule has 2 aliphatic heterocycles. The molecule has 7 nitrogen and oxygen atoms in total. The van der Waals surface area contributed by atoms with E-state index in [0.717, 1.165) is 81.8 Å². The number of benzene rings is 2. The third kappa shape index (κ3) is 7.29. The summed E-state index contributed by atoms with van der Waals surface area (Å²) in [5.41, 5.74) is 3.30. The number of carbonyl (C=O) groups excluding carboxylic acids is 1. The second-order valence-corrected chi connectivity index (χ2v) is 9.92. The second-order valence-electron chi connectivity index (χ2n) is 9.92. The highest BCUT2D eigenvalue weighted by Gasteiger charge is 2.30. The predicted octanol–water partition coefficient (Wildman–Crippen LogP) is 4.16. The number of amides is 1. The molecular formula is C30H36N4O3. The van der Waals surface area contributed by atoms with E-state index in [1.165, 1.54) is 5.56 Å². The van der Waals surface area contributed by atoms with Crippen molar-refractivity contribution in [2.24, 2.45) is 5.92 Å². The van der Waals surface area contributed by atoms with Gasteiger partial charge in [0.1, 0.15) is 19.0 Å². The molecule has 0 aliphatic carbocycles. The SMILES string of the molecule is O=C(C1CCN(CCOc2ccc(CCc3ccc(OCc4ccccc4)nn3)cc2)CC1)N1CCC1. The Morgan fingerprint density at radius 2 is 1.59 bits per heavy atom. The van der Waals surface area contributed by atoms with E-state index in [2.05, 4.69) is 27.2 Å². The summed E-state index contributed by atoms with van der Waals surface area (Å²) >= 11 is 0. The molecule has 0 unspecified atom stereocenters. The van der Waals surface area contributed by atoms with Gasteiger partial charge in [0.15, 0.2) is 0 Å². The Morgan fingerprint density at radius 1 is 0.811 bits per heavy atom. The maximum absolute atomic E-state index is 12.4. The number of hydrogen-bond donors (Lipinski definition) is 0. The van der Waals surface area contributed by atoms with Crippen LogP contribution >= 0.6 is 0 Å². The molecule has 0 bridgehead atoms. The standard InChI is InChI=1S/C30H36N4O3/c35-30(34-17-4-18-34)26-15-19-33(20-16-26)21-22-36-28-12-8-24(9-13-28)7-10-27-11-14-29(32-31-27)37-23-25-5-2-1-3-6-25/h1-3,5-6,8-9,11-14,26H,4,7,10,15-23H2. The Bertz CT molecular complexity index is 1110. The first kappa shape index (κ1) is 25.2. The molecule has 3 heterocycles. The lowest BCUT2D eigenvalue weighted by molar-refractivity contribution is -0.140. The van der Waals surface area contributed by atoms with Crippen molar-refractivity contribution in [3.8, 4) is 11.6 Å². The van der Waals surface area contributed by atoms with Gasteiger partial charge in [-0.1, -0.05) is 42.5 Å². The minimum atomic E-state index is 0.224. The highest BCUT2D eigenvalue weighted by molar-refractivity contribution is 5.79. The van der Waals surface area contributed by atoms with Crippen LogP contribution < -0.4 is 9.47 Å². The van der Waals surface area contributed by atoms with E-state index >= 15 is 0 Å². The van der Waals surface area contributed by atoms with Gasteiger partial charge in [-0.05, 0) is 74.5 Å². The van der Waals surface area contributed by atoms with Gasteiger partial charge in [0.2, 0.25) is 11.8 Å². The lowest BCUT2D eigenvalue weighted by atomic mass is 9.94. The third-order valence-electron chi connectivity index (χ3n) is 7.30. The van der Waals surface area contributed by atoms with E-state index in [4.69, 9.17) is 9.47 Å². The van der Waals surface area contributed by atoms with Crippen LogP contribution in [0.15, 0.2) is 66.7 Å². The Balaban J connectivity index is 0.977. The maximum Gasteiger partial charge on any atom is 0.233 e. The van der Waals surface area contributed by atoms with Gasteiger partial charge in [-0.3, -0.25) is 9.69 Å². The summed E-state index contributed by atoms with van der Waals surface area (Å²) in [4.78, 5) is 16.8. The van der Waals surface area contributed by atoms with Crippen LogP contribution in [0.3, 0.4) is 0 Å². The monoisotopic (exact) mass is 500 g/mol. The number of aryl methyl sites for hydroxylation is 2. The van der Waals surface area contributed by atoms with Crippen molar-refractivity contribution in [1.82, 2.24) is 20.0 Å². The molecule has 5 rings (SSSR count). The normalized spacial score (nSPS) is 16.3. The summed E-state index contributed by atoms with van der Waals surface area (Å²) in [6.07, 6.45) is 4.82. The first-order valence-electron chi connectivity index (χ1n) is 13.5. The number of likely N-dealkylation sites (tertiary alicyclic amines) is 2. The molecule has 0 saturated carbocycles. The van der Waals surface area contributed by atoms with E-state index in [0.29, 0.717) is 25.0 Å². The predicted molar refractivity (Wildman–Crippen MR) is 143 cm³/mol. The highest BCUT2D eigenvalue weighted by Crippen LogP contribution is 2.22. The van der Waals surface area contributed by atoms with E-state index < -0.39 is 0 Å².